The van der Waals surface area contributed by atoms with Crippen molar-refractivity contribution >= 4 is 34.0 Å². The van der Waals surface area contributed by atoms with E-state index in [-0.39, 0.29) is 11.8 Å². The summed E-state index contributed by atoms with van der Waals surface area (Å²) < 4.78 is 4.28. The summed E-state index contributed by atoms with van der Waals surface area (Å²) in [5, 5.41) is 6.88. The van der Waals surface area contributed by atoms with Crippen LogP contribution in [-0.2, 0) is 4.79 Å². The van der Waals surface area contributed by atoms with Gasteiger partial charge in [0.1, 0.15) is 5.00 Å². The molecule has 2 N–H and O–H groups in total. The third kappa shape index (κ3) is 4.34. The molecule has 2 heterocycles. The Bertz CT molecular complexity index is 851. The van der Waals surface area contributed by atoms with E-state index >= 15 is 0 Å². The fourth-order valence-corrected chi connectivity index (χ4v) is 4.19. The molecule has 2 amide bonds. The number of carbonyl (C=O) groups excluding carboxylic acids is 2. The smallest absolute Gasteiger partial charge is 0.258 e. The Balaban J connectivity index is 1.55. The first-order valence-electron chi connectivity index (χ1n) is 9.42. The van der Waals surface area contributed by atoms with E-state index in [9.17, 15) is 9.59 Å². The van der Waals surface area contributed by atoms with E-state index in [0.29, 0.717) is 38.3 Å². The summed E-state index contributed by atoms with van der Waals surface area (Å²) in [6.45, 7) is 8.74. The molecule has 1 saturated heterocycles. The second-order valence-corrected chi connectivity index (χ2v) is 7.88. The van der Waals surface area contributed by atoms with E-state index in [1.54, 1.807) is 7.05 Å². The fraction of sp³-hybridized carbons (Fsp3) is 0.450. The predicted molar refractivity (Wildman–Crippen MR) is 113 cm³/mol. The van der Waals surface area contributed by atoms with Crippen LogP contribution in [0.25, 0.3) is 0 Å². The average molecular weight is 402 g/mol. The van der Waals surface area contributed by atoms with Gasteiger partial charge in [0.05, 0.1) is 17.8 Å². The molecule has 1 fully saturated rings. The predicted octanol–water partition coefficient (Wildman–Crippen LogP) is 2.51. The van der Waals surface area contributed by atoms with Crippen molar-refractivity contribution in [1.29, 1.82) is 0 Å². The van der Waals surface area contributed by atoms with Gasteiger partial charge >= 0.3 is 0 Å². The first-order chi connectivity index (χ1) is 13.4. The van der Waals surface area contributed by atoms with Crippen LogP contribution in [0.15, 0.2) is 18.2 Å². The number of piperazine rings is 1. The van der Waals surface area contributed by atoms with Crippen molar-refractivity contribution < 1.29 is 9.59 Å². The number of carbonyl (C=O) groups is 2. The summed E-state index contributed by atoms with van der Waals surface area (Å²) in [5.74, 6) is -0.0113. The van der Waals surface area contributed by atoms with Crippen molar-refractivity contribution in [2.45, 2.75) is 20.8 Å². The SMILES string of the molecule is CNc1snc(C)c1C(=O)N1CCN(CC(=O)Nc2c(C)cccc2C)CC1. The second-order valence-electron chi connectivity index (χ2n) is 7.11. The zero-order chi connectivity index (χ0) is 20.3. The minimum atomic E-state index is -0.0208. The third-order valence-corrected chi connectivity index (χ3v) is 6.03. The molecule has 150 valence electrons. The summed E-state index contributed by atoms with van der Waals surface area (Å²) in [6, 6.07) is 5.97. The molecule has 1 aromatic carbocycles. The molecule has 8 heteroatoms. The molecular formula is C20H27N5O2S. The van der Waals surface area contributed by atoms with Crippen molar-refractivity contribution in [3.8, 4) is 0 Å². The number of aryl methyl sites for hydroxylation is 3. The van der Waals surface area contributed by atoms with E-state index < -0.39 is 0 Å². The maximum atomic E-state index is 12.9. The number of hydrogen-bond acceptors (Lipinski definition) is 6. The summed E-state index contributed by atoms with van der Waals surface area (Å²) in [5.41, 5.74) is 4.43. The largest absolute Gasteiger partial charge is 0.378 e. The summed E-state index contributed by atoms with van der Waals surface area (Å²) in [6.07, 6.45) is 0. The molecule has 0 bridgehead atoms. The van der Waals surface area contributed by atoms with E-state index in [1.807, 2.05) is 43.9 Å². The van der Waals surface area contributed by atoms with Crippen LogP contribution in [0.4, 0.5) is 10.7 Å². The number of rotatable bonds is 5. The Morgan fingerprint density at radius 3 is 2.36 bits per heavy atom. The number of amides is 2. The number of anilines is 2. The van der Waals surface area contributed by atoms with Crippen LogP contribution in [0.3, 0.4) is 0 Å². The Hall–Kier alpha value is -2.45. The van der Waals surface area contributed by atoms with Gasteiger partial charge in [0.15, 0.2) is 0 Å². The molecule has 0 atom stereocenters. The maximum Gasteiger partial charge on any atom is 0.258 e. The Labute approximate surface area is 169 Å². The fourth-order valence-electron chi connectivity index (χ4n) is 3.45. The Morgan fingerprint density at radius 2 is 1.75 bits per heavy atom. The number of nitrogens with one attached hydrogen (secondary N) is 2. The zero-order valence-electron chi connectivity index (χ0n) is 16.8. The van der Waals surface area contributed by atoms with Gasteiger partial charge in [-0.25, -0.2) is 0 Å². The number of para-hydroxylation sites is 1. The van der Waals surface area contributed by atoms with Gasteiger partial charge in [0, 0.05) is 38.9 Å². The Morgan fingerprint density at radius 1 is 1.11 bits per heavy atom. The van der Waals surface area contributed by atoms with Crippen LogP contribution in [0, 0.1) is 20.8 Å². The molecule has 28 heavy (non-hydrogen) atoms. The standard InChI is InChI=1S/C20H27N5O2S/c1-13-6-5-7-14(2)18(13)22-16(26)12-24-8-10-25(11-9-24)20(27)17-15(3)23-28-19(17)21-4/h5-7,21H,8-12H2,1-4H3,(H,22,26). The van der Waals surface area contributed by atoms with Crippen LogP contribution in [0.5, 0.6) is 0 Å². The average Bonchev–Trinajstić information content (AvgIpc) is 3.05. The molecule has 1 aliphatic rings. The quantitative estimate of drug-likeness (QED) is 0.805. The van der Waals surface area contributed by atoms with Crippen LogP contribution in [0.1, 0.15) is 27.2 Å². The lowest BCUT2D eigenvalue weighted by Gasteiger charge is -2.34. The first kappa shape index (κ1) is 20.3. The van der Waals surface area contributed by atoms with Crippen molar-refractivity contribution in [2.75, 3.05) is 50.4 Å². The number of aromatic nitrogens is 1. The summed E-state index contributed by atoms with van der Waals surface area (Å²) in [7, 11) is 1.80. The van der Waals surface area contributed by atoms with Gasteiger partial charge in [-0.1, -0.05) is 18.2 Å². The minimum Gasteiger partial charge on any atom is -0.378 e. The molecule has 1 aliphatic heterocycles. The highest BCUT2D eigenvalue weighted by molar-refractivity contribution is 7.10. The molecule has 0 unspecified atom stereocenters. The normalized spacial score (nSPS) is 14.8. The summed E-state index contributed by atoms with van der Waals surface area (Å²) >= 11 is 1.31. The maximum absolute atomic E-state index is 12.9. The third-order valence-electron chi connectivity index (χ3n) is 5.08. The van der Waals surface area contributed by atoms with Crippen molar-refractivity contribution in [3.05, 3.63) is 40.6 Å². The van der Waals surface area contributed by atoms with Crippen LogP contribution >= 0.6 is 11.5 Å². The van der Waals surface area contributed by atoms with Crippen LogP contribution in [-0.4, -0.2) is 65.8 Å². The van der Waals surface area contributed by atoms with Crippen molar-refractivity contribution in [2.24, 2.45) is 0 Å². The molecule has 1 aromatic heterocycles. The van der Waals surface area contributed by atoms with Crippen LogP contribution in [0.2, 0.25) is 0 Å². The molecule has 0 radical (unpaired) electrons. The van der Waals surface area contributed by atoms with Gasteiger partial charge < -0.3 is 15.5 Å². The summed E-state index contributed by atoms with van der Waals surface area (Å²) in [4.78, 5) is 29.3. The van der Waals surface area contributed by atoms with Gasteiger partial charge in [0.2, 0.25) is 5.91 Å². The highest BCUT2D eigenvalue weighted by atomic mass is 32.1. The lowest BCUT2D eigenvalue weighted by atomic mass is 10.1. The Kier molecular flexibility index (Phi) is 6.31. The van der Waals surface area contributed by atoms with E-state index in [4.69, 9.17) is 0 Å². The van der Waals surface area contributed by atoms with E-state index in [2.05, 4.69) is 19.9 Å². The molecule has 3 rings (SSSR count). The van der Waals surface area contributed by atoms with Gasteiger partial charge in [-0.2, -0.15) is 4.37 Å². The van der Waals surface area contributed by atoms with Gasteiger partial charge in [-0.05, 0) is 43.4 Å². The number of benzene rings is 1. The van der Waals surface area contributed by atoms with Gasteiger partial charge in [-0.3, -0.25) is 14.5 Å². The van der Waals surface area contributed by atoms with Gasteiger partial charge in [-0.15, -0.1) is 0 Å². The van der Waals surface area contributed by atoms with Crippen molar-refractivity contribution in [1.82, 2.24) is 14.2 Å². The first-order valence-corrected chi connectivity index (χ1v) is 10.2. The minimum absolute atomic E-state index is 0.00948. The number of nitrogens with zero attached hydrogens (tertiary/aromatic N) is 3. The molecular weight excluding hydrogens is 374 g/mol. The highest BCUT2D eigenvalue weighted by Gasteiger charge is 2.27. The molecule has 2 aromatic rings. The van der Waals surface area contributed by atoms with E-state index in [0.717, 1.165) is 27.5 Å². The van der Waals surface area contributed by atoms with E-state index in [1.165, 1.54) is 11.5 Å². The van der Waals surface area contributed by atoms with Crippen LogP contribution < -0.4 is 10.6 Å². The molecule has 0 spiro atoms. The molecule has 0 aliphatic carbocycles. The lowest BCUT2D eigenvalue weighted by molar-refractivity contribution is -0.117. The molecule has 7 nitrogen and oxygen atoms in total. The van der Waals surface area contributed by atoms with Crippen molar-refractivity contribution in [3.63, 3.8) is 0 Å². The highest BCUT2D eigenvalue weighted by Crippen LogP contribution is 2.26. The monoisotopic (exact) mass is 401 g/mol. The topological polar surface area (TPSA) is 77.6 Å². The second kappa shape index (κ2) is 8.70. The lowest BCUT2D eigenvalue weighted by Crippen LogP contribution is -2.50. The number of hydrogen-bond donors (Lipinski definition) is 2. The molecule has 0 saturated carbocycles. The van der Waals surface area contributed by atoms with Gasteiger partial charge in [0.25, 0.3) is 5.91 Å². The zero-order valence-corrected chi connectivity index (χ0v) is 17.7.